The zero-order valence-corrected chi connectivity index (χ0v) is 11.6. The summed E-state index contributed by atoms with van der Waals surface area (Å²) in [5.41, 5.74) is 1.53. The van der Waals surface area contributed by atoms with E-state index in [2.05, 4.69) is 23.7 Å². The fraction of sp³-hybridized carbons (Fsp3) is 0.733. The molecular formula is C15H23NS. The standard InChI is InChI=1S/C15H23NS/c1-11-8-9-17-15(11)14-5-3-2-4-12(14)10-16-13-6-7-13/h8-9,12-14,16H,2-7,10H2,1H3. The van der Waals surface area contributed by atoms with Crippen LogP contribution in [0.5, 0.6) is 0 Å². The number of hydrogen-bond donors (Lipinski definition) is 1. The van der Waals surface area contributed by atoms with Crippen molar-refractivity contribution < 1.29 is 0 Å². The van der Waals surface area contributed by atoms with E-state index >= 15 is 0 Å². The summed E-state index contributed by atoms with van der Waals surface area (Å²) in [6.07, 6.45) is 8.55. The molecule has 0 amide bonds. The summed E-state index contributed by atoms with van der Waals surface area (Å²) < 4.78 is 0. The molecule has 1 aromatic heterocycles. The molecule has 1 nitrogen and oxygen atoms in total. The summed E-state index contributed by atoms with van der Waals surface area (Å²) in [6.45, 7) is 3.54. The van der Waals surface area contributed by atoms with E-state index in [1.54, 1.807) is 4.88 Å². The van der Waals surface area contributed by atoms with Gasteiger partial charge in [-0.3, -0.25) is 0 Å². The van der Waals surface area contributed by atoms with E-state index < -0.39 is 0 Å². The van der Waals surface area contributed by atoms with Gasteiger partial charge >= 0.3 is 0 Å². The van der Waals surface area contributed by atoms with Crippen LogP contribution in [0.4, 0.5) is 0 Å². The van der Waals surface area contributed by atoms with Gasteiger partial charge in [-0.25, -0.2) is 0 Å². The van der Waals surface area contributed by atoms with Crippen LogP contribution in [0, 0.1) is 12.8 Å². The molecule has 0 aromatic carbocycles. The van der Waals surface area contributed by atoms with Crippen LogP contribution in [0.1, 0.15) is 54.9 Å². The SMILES string of the molecule is Cc1ccsc1C1CCCCC1CNC1CC1. The molecule has 2 atom stereocenters. The number of hydrogen-bond acceptors (Lipinski definition) is 2. The van der Waals surface area contributed by atoms with Crippen molar-refractivity contribution in [2.75, 3.05) is 6.54 Å². The molecule has 2 aliphatic carbocycles. The molecule has 2 heteroatoms. The van der Waals surface area contributed by atoms with E-state index in [0.29, 0.717) is 0 Å². The van der Waals surface area contributed by atoms with Crippen LogP contribution >= 0.6 is 11.3 Å². The van der Waals surface area contributed by atoms with Gasteiger partial charge in [-0.1, -0.05) is 12.8 Å². The Hall–Kier alpha value is -0.340. The van der Waals surface area contributed by atoms with Gasteiger partial charge in [0.25, 0.3) is 0 Å². The highest BCUT2D eigenvalue weighted by atomic mass is 32.1. The van der Waals surface area contributed by atoms with Crippen LogP contribution in [-0.4, -0.2) is 12.6 Å². The predicted octanol–water partition coefficient (Wildman–Crippen LogP) is 4.08. The molecule has 0 aliphatic heterocycles. The van der Waals surface area contributed by atoms with Crippen molar-refractivity contribution in [3.05, 3.63) is 21.9 Å². The molecule has 0 spiro atoms. The van der Waals surface area contributed by atoms with Gasteiger partial charge in [-0.05, 0) is 68.0 Å². The summed E-state index contributed by atoms with van der Waals surface area (Å²) in [7, 11) is 0. The Kier molecular flexibility index (Phi) is 3.53. The molecule has 0 radical (unpaired) electrons. The van der Waals surface area contributed by atoms with Crippen LogP contribution in [0.15, 0.2) is 11.4 Å². The largest absolute Gasteiger partial charge is 0.314 e. The van der Waals surface area contributed by atoms with Crippen molar-refractivity contribution in [1.29, 1.82) is 0 Å². The highest BCUT2D eigenvalue weighted by Crippen LogP contribution is 2.41. The highest BCUT2D eigenvalue weighted by Gasteiger charge is 2.30. The molecule has 0 saturated heterocycles. The third-order valence-corrected chi connectivity index (χ3v) is 5.54. The monoisotopic (exact) mass is 249 g/mol. The Balaban J connectivity index is 1.68. The lowest BCUT2D eigenvalue weighted by molar-refractivity contribution is 0.297. The minimum Gasteiger partial charge on any atom is -0.314 e. The molecule has 2 unspecified atom stereocenters. The van der Waals surface area contributed by atoms with Gasteiger partial charge in [0.1, 0.15) is 0 Å². The molecule has 3 rings (SSSR count). The Morgan fingerprint density at radius 1 is 1.24 bits per heavy atom. The molecular weight excluding hydrogens is 226 g/mol. The van der Waals surface area contributed by atoms with Gasteiger partial charge < -0.3 is 5.32 Å². The van der Waals surface area contributed by atoms with Crippen LogP contribution in [0.3, 0.4) is 0 Å². The van der Waals surface area contributed by atoms with Gasteiger partial charge in [0.05, 0.1) is 0 Å². The second-order valence-electron chi connectivity index (χ2n) is 5.80. The Morgan fingerprint density at radius 3 is 2.76 bits per heavy atom. The summed E-state index contributed by atoms with van der Waals surface area (Å²) in [4.78, 5) is 1.67. The van der Waals surface area contributed by atoms with Crippen molar-refractivity contribution in [2.45, 2.75) is 57.4 Å². The maximum absolute atomic E-state index is 3.74. The van der Waals surface area contributed by atoms with Crippen molar-refractivity contribution in [1.82, 2.24) is 5.32 Å². The number of aryl methyl sites for hydroxylation is 1. The minimum absolute atomic E-state index is 0.843. The van der Waals surface area contributed by atoms with Gasteiger partial charge in [-0.15, -0.1) is 11.3 Å². The van der Waals surface area contributed by atoms with E-state index in [1.807, 2.05) is 11.3 Å². The smallest absolute Gasteiger partial charge is 0.0109 e. The molecule has 0 bridgehead atoms. The number of nitrogens with one attached hydrogen (secondary N) is 1. The average molecular weight is 249 g/mol. The maximum Gasteiger partial charge on any atom is 0.0109 e. The lowest BCUT2D eigenvalue weighted by Gasteiger charge is -2.32. The zero-order chi connectivity index (χ0) is 11.7. The first-order valence-electron chi connectivity index (χ1n) is 7.12. The highest BCUT2D eigenvalue weighted by molar-refractivity contribution is 7.10. The number of thiophene rings is 1. The summed E-state index contributed by atoms with van der Waals surface area (Å²) >= 11 is 1.98. The van der Waals surface area contributed by atoms with Gasteiger partial charge in [0.15, 0.2) is 0 Å². The van der Waals surface area contributed by atoms with E-state index in [-0.39, 0.29) is 0 Å². The van der Waals surface area contributed by atoms with Gasteiger partial charge in [0, 0.05) is 10.9 Å². The average Bonchev–Trinajstić information content (AvgIpc) is 3.09. The molecule has 1 N–H and O–H groups in total. The molecule has 2 fully saturated rings. The number of rotatable bonds is 4. The topological polar surface area (TPSA) is 12.0 Å². The summed E-state index contributed by atoms with van der Waals surface area (Å²) in [5, 5.41) is 6.01. The van der Waals surface area contributed by atoms with E-state index in [4.69, 9.17) is 0 Å². The van der Waals surface area contributed by atoms with Gasteiger partial charge in [0.2, 0.25) is 0 Å². The first kappa shape index (κ1) is 11.7. The molecule has 2 aliphatic rings. The Bertz CT molecular complexity index is 367. The second-order valence-corrected chi connectivity index (χ2v) is 6.75. The quantitative estimate of drug-likeness (QED) is 0.847. The van der Waals surface area contributed by atoms with E-state index in [9.17, 15) is 0 Å². The van der Waals surface area contributed by atoms with Crippen molar-refractivity contribution in [3.63, 3.8) is 0 Å². The van der Waals surface area contributed by atoms with Crippen LogP contribution in [0.2, 0.25) is 0 Å². The maximum atomic E-state index is 3.74. The Labute approximate surface area is 109 Å². The molecule has 1 heterocycles. The van der Waals surface area contributed by atoms with Crippen molar-refractivity contribution >= 4 is 11.3 Å². The fourth-order valence-electron chi connectivity index (χ4n) is 3.17. The first-order valence-corrected chi connectivity index (χ1v) is 8.00. The molecule has 1 aromatic rings. The third-order valence-electron chi connectivity index (χ3n) is 4.39. The summed E-state index contributed by atoms with van der Waals surface area (Å²) in [6, 6.07) is 3.15. The molecule has 17 heavy (non-hydrogen) atoms. The van der Waals surface area contributed by atoms with Crippen LogP contribution in [-0.2, 0) is 0 Å². The van der Waals surface area contributed by atoms with Gasteiger partial charge in [-0.2, -0.15) is 0 Å². The summed E-state index contributed by atoms with van der Waals surface area (Å²) in [5.74, 6) is 1.73. The van der Waals surface area contributed by atoms with Crippen molar-refractivity contribution in [3.8, 4) is 0 Å². The van der Waals surface area contributed by atoms with Crippen molar-refractivity contribution in [2.24, 2.45) is 5.92 Å². The first-order chi connectivity index (χ1) is 8.34. The van der Waals surface area contributed by atoms with E-state index in [1.165, 1.54) is 50.6 Å². The Morgan fingerprint density at radius 2 is 2.06 bits per heavy atom. The second kappa shape index (κ2) is 5.11. The van der Waals surface area contributed by atoms with Crippen LogP contribution in [0.25, 0.3) is 0 Å². The lowest BCUT2D eigenvalue weighted by atomic mass is 9.77. The fourth-order valence-corrected chi connectivity index (χ4v) is 4.32. The molecule has 2 saturated carbocycles. The van der Waals surface area contributed by atoms with E-state index in [0.717, 1.165) is 17.9 Å². The minimum atomic E-state index is 0.843. The van der Waals surface area contributed by atoms with Crippen LogP contribution < -0.4 is 5.32 Å². The lowest BCUT2D eigenvalue weighted by Crippen LogP contribution is -2.30. The molecule has 94 valence electrons. The normalized spacial score (nSPS) is 29.5. The predicted molar refractivity (Wildman–Crippen MR) is 74.8 cm³/mol. The third kappa shape index (κ3) is 2.74. The zero-order valence-electron chi connectivity index (χ0n) is 10.7.